The molecule has 0 saturated carbocycles. The fraction of sp³-hybridized carbons (Fsp3) is 0.650. The molecule has 3 N–H and O–H groups in total. The molecular weight excluding hydrogens is 326 g/mol. The van der Waals surface area contributed by atoms with Crippen LogP contribution in [0.4, 0.5) is 5.69 Å². The quantitative estimate of drug-likeness (QED) is 0.412. The first kappa shape index (κ1) is 20.4. The van der Waals surface area contributed by atoms with E-state index >= 15 is 0 Å². The number of hydrogen-bond acceptors (Lipinski definition) is 4. The molecule has 1 unspecified atom stereocenters. The number of benzene rings is 1. The van der Waals surface area contributed by atoms with E-state index in [0.29, 0.717) is 6.04 Å². The van der Waals surface area contributed by atoms with Gasteiger partial charge >= 0.3 is 0 Å². The number of nitrogens with zero attached hydrogens (tertiary/aromatic N) is 2. The molecule has 146 valence electrons. The van der Waals surface area contributed by atoms with Crippen molar-refractivity contribution in [3.63, 3.8) is 0 Å². The van der Waals surface area contributed by atoms with Gasteiger partial charge in [0.25, 0.3) is 0 Å². The lowest BCUT2D eigenvalue weighted by atomic mass is 10.0. The lowest BCUT2D eigenvalue weighted by Gasteiger charge is -2.35. The Hall–Kier alpha value is -1.95. The number of methoxy groups -OCH3 is 1. The summed E-state index contributed by atoms with van der Waals surface area (Å²) in [6.45, 7) is 10.3. The lowest BCUT2D eigenvalue weighted by Crippen LogP contribution is -2.52. The number of guanidine groups is 1. The first-order valence-corrected chi connectivity index (χ1v) is 9.52. The molecule has 6 heteroatoms. The van der Waals surface area contributed by atoms with Gasteiger partial charge in [0, 0.05) is 56.6 Å². The van der Waals surface area contributed by atoms with Crippen LogP contribution >= 0.6 is 0 Å². The van der Waals surface area contributed by atoms with Gasteiger partial charge in [0.1, 0.15) is 5.75 Å². The predicted molar refractivity (Wildman–Crippen MR) is 110 cm³/mol. The number of rotatable bonds is 6. The maximum Gasteiger partial charge on any atom is 0.191 e. The smallest absolute Gasteiger partial charge is 0.191 e. The Morgan fingerprint density at radius 2 is 2.12 bits per heavy atom. The minimum Gasteiger partial charge on any atom is -0.497 e. The molecule has 1 aromatic rings. The van der Waals surface area contributed by atoms with E-state index in [1.54, 1.807) is 7.11 Å². The summed E-state index contributed by atoms with van der Waals surface area (Å²) >= 11 is 0. The van der Waals surface area contributed by atoms with E-state index in [9.17, 15) is 0 Å². The highest BCUT2D eigenvalue weighted by Gasteiger charge is 2.21. The van der Waals surface area contributed by atoms with Crippen LogP contribution in [-0.4, -0.2) is 57.9 Å². The van der Waals surface area contributed by atoms with Crippen LogP contribution < -0.4 is 25.6 Å². The second kappa shape index (κ2) is 9.67. The molecule has 1 heterocycles. The van der Waals surface area contributed by atoms with E-state index < -0.39 is 0 Å². The number of ether oxygens (including phenoxy) is 1. The van der Waals surface area contributed by atoms with E-state index in [2.05, 4.69) is 58.7 Å². The molecule has 1 saturated heterocycles. The van der Waals surface area contributed by atoms with Crippen molar-refractivity contribution in [2.75, 3.05) is 45.2 Å². The van der Waals surface area contributed by atoms with Crippen molar-refractivity contribution in [3.05, 3.63) is 24.3 Å². The van der Waals surface area contributed by atoms with Gasteiger partial charge in [0.2, 0.25) is 0 Å². The van der Waals surface area contributed by atoms with E-state index in [4.69, 9.17) is 4.74 Å². The highest BCUT2D eigenvalue weighted by Crippen LogP contribution is 2.24. The van der Waals surface area contributed by atoms with E-state index in [1.165, 1.54) is 5.69 Å². The van der Waals surface area contributed by atoms with Crippen LogP contribution in [0.2, 0.25) is 0 Å². The summed E-state index contributed by atoms with van der Waals surface area (Å²) in [5.41, 5.74) is 1.35. The Kier molecular flexibility index (Phi) is 7.57. The van der Waals surface area contributed by atoms with Crippen molar-refractivity contribution >= 4 is 11.6 Å². The van der Waals surface area contributed by atoms with Crippen molar-refractivity contribution in [1.82, 2.24) is 16.0 Å². The molecule has 1 aromatic carbocycles. The Morgan fingerprint density at radius 1 is 1.31 bits per heavy atom. The molecule has 0 aliphatic carbocycles. The molecule has 0 aromatic heterocycles. The normalized spacial score (nSPS) is 18.6. The second-order valence-electron chi connectivity index (χ2n) is 7.81. The zero-order valence-electron chi connectivity index (χ0n) is 16.9. The Morgan fingerprint density at radius 3 is 2.81 bits per heavy atom. The van der Waals surface area contributed by atoms with Crippen LogP contribution in [0.1, 0.15) is 33.6 Å². The second-order valence-corrected chi connectivity index (χ2v) is 7.81. The molecule has 0 radical (unpaired) electrons. The third kappa shape index (κ3) is 6.75. The first-order valence-electron chi connectivity index (χ1n) is 9.52. The third-order valence-electron chi connectivity index (χ3n) is 4.48. The molecule has 26 heavy (non-hydrogen) atoms. The number of aliphatic imine (C=N–C) groups is 1. The maximum atomic E-state index is 5.36. The average Bonchev–Trinajstić information content (AvgIpc) is 2.63. The van der Waals surface area contributed by atoms with Gasteiger partial charge in [0.15, 0.2) is 5.96 Å². The number of piperidine rings is 1. The van der Waals surface area contributed by atoms with Crippen molar-refractivity contribution in [2.45, 2.75) is 45.2 Å². The molecule has 0 spiro atoms. The molecule has 6 nitrogen and oxygen atoms in total. The van der Waals surface area contributed by atoms with E-state index in [1.807, 2.05) is 19.2 Å². The van der Waals surface area contributed by atoms with Gasteiger partial charge in [-0.2, -0.15) is 0 Å². The van der Waals surface area contributed by atoms with Gasteiger partial charge in [0.05, 0.1) is 7.11 Å². The molecular formula is C20H35N5O. The van der Waals surface area contributed by atoms with Crippen LogP contribution in [0.3, 0.4) is 0 Å². The highest BCUT2D eigenvalue weighted by molar-refractivity contribution is 5.80. The monoisotopic (exact) mass is 361 g/mol. The molecule has 0 bridgehead atoms. The van der Waals surface area contributed by atoms with Crippen LogP contribution in [0, 0.1) is 0 Å². The van der Waals surface area contributed by atoms with Crippen molar-refractivity contribution in [1.29, 1.82) is 0 Å². The fourth-order valence-electron chi connectivity index (χ4n) is 3.14. The lowest BCUT2D eigenvalue weighted by molar-refractivity contribution is 0.414. The van der Waals surface area contributed by atoms with Crippen molar-refractivity contribution in [2.24, 2.45) is 4.99 Å². The molecule has 1 aliphatic heterocycles. The fourth-order valence-corrected chi connectivity index (χ4v) is 3.14. The molecule has 2 rings (SSSR count). The van der Waals surface area contributed by atoms with Crippen molar-refractivity contribution < 1.29 is 4.74 Å². The van der Waals surface area contributed by atoms with Gasteiger partial charge in [-0.15, -0.1) is 0 Å². The largest absolute Gasteiger partial charge is 0.497 e. The standard InChI is InChI=1S/C20H35N5O/c1-20(2,3)23-12-11-22-19(21-4)24-16-8-7-13-25(15-16)17-9-6-10-18(14-17)26-5/h6,9-10,14,16,23H,7-8,11-13,15H2,1-5H3,(H2,21,22,24). The molecule has 1 fully saturated rings. The number of anilines is 1. The number of nitrogens with one attached hydrogen (secondary N) is 3. The van der Waals surface area contributed by atoms with Gasteiger partial charge < -0.3 is 25.6 Å². The Bertz CT molecular complexity index is 582. The maximum absolute atomic E-state index is 5.36. The summed E-state index contributed by atoms with van der Waals surface area (Å²) in [5.74, 6) is 1.78. The summed E-state index contributed by atoms with van der Waals surface area (Å²) in [6, 6.07) is 8.68. The average molecular weight is 362 g/mol. The highest BCUT2D eigenvalue weighted by atomic mass is 16.5. The van der Waals surface area contributed by atoms with Crippen LogP contribution in [0.15, 0.2) is 29.3 Å². The van der Waals surface area contributed by atoms with E-state index in [0.717, 1.165) is 50.7 Å². The first-order chi connectivity index (χ1) is 12.4. The zero-order chi connectivity index (χ0) is 19.0. The summed E-state index contributed by atoms with van der Waals surface area (Å²) in [5, 5.41) is 10.4. The minimum absolute atomic E-state index is 0.138. The summed E-state index contributed by atoms with van der Waals surface area (Å²) in [4.78, 5) is 6.78. The van der Waals surface area contributed by atoms with Crippen LogP contribution in [-0.2, 0) is 0 Å². The SMILES string of the molecule is CN=C(NCCNC(C)(C)C)NC1CCCN(c2cccc(OC)c2)C1. The molecule has 1 atom stereocenters. The van der Waals surface area contributed by atoms with E-state index in [-0.39, 0.29) is 5.54 Å². The van der Waals surface area contributed by atoms with Gasteiger partial charge in [-0.05, 0) is 45.7 Å². The Labute approximate surface area is 158 Å². The topological polar surface area (TPSA) is 60.9 Å². The predicted octanol–water partition coefficient (Wildman–Crippen LogP) is 2.22. The molecule has 1 aliphatic rings. The number of hydrogen-bond donors (Lipinski definition) is 3. The summed E-state index contributed by atoms with van der Waals surface area (Å²) in [7, 11) is 3.54. The van der Waals surface area contributed by atoms with Gasteiger partial charge in [-0.3, -0.25) is 4.99 Å². The third-order valence-corrected chi connectivity index (χ3v) is 4.48. The van der Waals surface area contributed by atoms with Crippen molar-refractivity contribution in [3.8, 4) is 5.75 Å². The van der Waals surface area contributed by atoms with Crippen LogP contribution in [0.25, 0.3) is 0 Å². The van der Waals surface area contributed by atoms with Crippen LogP contribution in [0.5, 0.6) is 5.75 Å². The van der Waals surface area contributed by atoms with Gasteiger partial charge in [-0.1, -0.05) is 6.07 Å². The van der Waals surface area contributed by atoms with Gasteiger partial charge in [-0.25, -0.2) is 0 Å². The summed E-state index contributed by atoms with van der Waals surface area (Å²) in [6.07, 6.45) is 2.32. The zero-order valence-corrected chi connectivity index (χ0v) is 16.9. The minimum atomic E-state index is 0.138. The molecule has 0 amide bonds. The summed E-state index contributed by atoms with van der Waals surface area (Å²) < 4.78 is 5.36. The Balaban J connectivity index is 1.84.